The molecular formula is C16H30N4O. The topological polar surface area (TPSA) is 65.1 Å². The third-order valence-corrected chi connectivity index (χ3v) is 4.97. The largest absolute Gasteiger partial charge is 0.493 e. The van der Waals surface area contributed by atoms with E-state index in [0.717, 1.165) is 17.4 Å². The molecule has 3 N–H and O–H groups in total. The fraction of sp³-hybridized carbons (Fsp3) is 0.812. The van der Waals surface area contributed by atoms with Gasteiger partial charge in [-0.05, 0) is 24.7 Å². The molecule has 1 atom stereocenters. The fourth-order valence-electron chi connectivity index (χ4n) is 3.68. The van der Waals surface area contributed by atoms with E-state index in [-0.39, 0.29) is 6.04 Å². The number of nitrogens with two attached hydrogens (primary N) is 1. The summed E-state index contributed by atoms with van der Waals surface area (Å²) in [7, 11) is 3.64. The monoisotopic (exact) mass is 294 g/mol. The predicted octanol–water partition coefficient (Wildman–Crippen LogP) is 2.93. The van der Waals surface area contributed by atoms with E-state index in [1.54, 1.807) is 13.3 Å². The number of methoxy groups -OCH3 is 1. The number of nitrogens with zero attached hydrogens (tertiary/aromatic N) is 2. The number of aromatic nitrogens is 2. The Balaban J connectivity index is 2.01. The van der Waals surface area contributed by atoms with Crippen LogP contribution in [-0.2, 0) is 7.05 Å². The molecule has 2 rings (SSSR count). The average molecular weight is 294 g/mol. The molecule has 1 heterocycles. The number of aryl methyl sites for hydroxylation is 1. The van der Waals surface area contributed by atoms with Crippen LogP contribution in [0.2, 0.25) is 0 Å². The van der Waals surface area contributed by atoms with Gasteiger partial charge in [0.2, 0.25) is 0 Å². The lowest BCUT2D eigenvalue weighted by atomic mass is 9.76. The van der Waals surface area contributed by atoms with Crippen LogP contribution in [0.15, 0.2) is 6.20 Å². The zero-order valence-electron chi connectivity index (χ0n) is 13.6. The van der Waals surface area contributed by atoms with E-state index in [2.05, 4.69) is 17.4 Å². The van der Waals surface area contributed by atoms with Crippen molar-refractivity contribution in [2.75, 3.05) is 7.11 Å². The second kappa shape index (κ2) is 7.80. The van der Waals surface area contributed by atoms with Crippen LogP contribution in [0.4, 0.5) is 0 Å². The number of ether oxygens (including phenoxy) is 1. The van der Waals surface area contributed by atoms with E-state index < -0.39 is 0 Å². The summed E-state index contributed by atoms with van der Waals surface area (Å²) < 4.78 is 7.32. The summed E-state index contributed by atoms with van der Waals surface area (Å²) in [6.45, 7) is 2.27. The van der Waals surface area contributed by atoms with Crippen molar-refractivity contribution in [1.29, 1.82) is 0 Å². The molecule has 0 spiro atoms. The summed E-state index contributed by atoms with van der Waals surface area (Å²) in [5, 5.41) is 4.30. The summed E-state index contributed by atoms with van der Waals surface area (Å²) in [4.78, 5) is 0. The molecule has 1 unspecified atom stereocenters. The van der Waals surface area contributed by atoms with E-state index in [1.807, 2.05) is 11.7 Å². The van der Waals surface area contributed by atoms with Gasteiger partial charge in [-0.25, -0.2) is 0 Å². The highest BCUT2D eigenvalue weighted by molar-refractivity contribution is 5.28. The van der Waals surface area contributed by atoms with Gasteiger partial charge < -0.3 is 4.74 Å². The third kappa shape index (κ3) is 3.77. The Morgan fingerprint density at radius 2 is 2.14 bits per heavy atom. The molecule has 0 radical (unpaired) electrons. The van der Waals surface area contributed by atoms with Crippen LogP contribution in [0, 0.1) is 11.8 Å². The number of hydrazine groups is 1. The minimum absolute atomic E-state index is 0.125. The fourth-order valence-corrected chi connectivity index (χ4v) is 3.68. The summed E-state index contributed by atoms with van der Waals surface area (Å²) in [5.74, 6) is 8.16. The highest BCUT2D eigenvalue weighted by Crippen LogP contribution is 2.40. The molecule has 0 bridgehead atoms. The van der Waals surface area contributed by atoms with Gasteiger partial charge in [0.05, 0.1) is 25.0 Å². The van der Waals surface area contributed by atoms with Crippen LogP contribution in [-0.4, -0.2) is 16.9 Å². The molecule has 5 nitrogen and oxygen atoms in total. The minimum Gasteiger partial charge on any atom is -0.493 e. The van der Waals surface area contributed by atoms with Crippen molar-refractivity contribution in [3.8, 4) is 5.75 Å². The number of rotatable bonds is 7. The molecule has 1 saturated carbocycles. The summed E-state index contributed by atoms with van der Waals surface area (Å²) in [6, 6.07) is 0.125. The Hall–Kier alpha value is -1.07. The zero-order valence-corrected chi connectivity index (χ0v) is 13.6. The first-order valence-electron chi connectivity index (χ1n) is 8.23. The van der Waals surface area contributed by atoms with E-state index >= 15 is 0 Å². The lowest BCUT2D eigenvalue weighted by Gasteiger charge is -2.33. The van der Waals surface area contributed by atoms with Gasteiger partial charge >= 0.3 is 0 Å². The highest BCUT2D eigenvalue weighted by atomic mass is 16.5. The molecule has 1 fully saturated rings. The van der Waals surface area contributed by atoms with Gasteiger partial charge in [0.25, 0.3) is 0 Å². The Labute approximate surface area is 128 Å². The lowest BCUT2D eigenvalue weighted by Crippen LogP contribution is -2.36. The summed E-state index contributed by atoms with van der Waals surface area (Å²) >= 11 is 0. The lowest BCUT2D eigenvalue weighted by molar-refractivity contribution is 0.206. The van der Waals surface area contributed by atoms with Crippen molar-refractivity contribution < 1.29 is 4.74 Å². The molecule has 0 aliphatic heterocycles. The minimum atomic E-state index is 0.125. The summed E-state index contributed by atoms with van der Waals surface area (Å²) in [5.41, 5.74) is 4.07. The number of hydrogen-bond donors (Lipinski definition) is 2. The molecule has 1 aromatic heterocycles. The van der Waals surface area contributed by atoms with E-state index in [1.165, 1.54) is 44.9 Å². The van der Waals surface area contributed by atoms with Gasteiger partial charge in [-0.2, -0.15) is 5.10 Å². The SMILES string of the molecule is CCCCC1CCC(C(NN)c2c(OC)cnn2C)CC1. The average Bonchev–Trinajstić information content (AvgIpc) is 2.88. The first kappa shape index (κ1) is 16.3. The van der Waals surface area contributed by atoms with Gasteiger partial charge in [-0.15, -0.1) is 0 Å². The van der Waals surface area contributed by atoms with Crippen molar-refractivity contribution >= 4 is 0 Å². The smallest absolute Gasteiger partial charge is 0.161 e. The maximum atomic E-state index is 5.86. The van der Waals surface area contributed by atoms with Crippen LogP contribution in [0.3, 0.4) is 0 Å². The molecule has 120 valence electrons. The van der Waals surface area contributed by atoms with Crippen molar-refractivity contribution in [2.24, 2.45) is 24.7 Å². The van der Waals surface area contributed by atoms with Crippen LogP contribution < -0.4 is 16.0 Å². The molecule has 21 heavy (non-hydrogen) atoms. The first-order chi connectivity index (χ1) is 10.2. The van der Waals surface area contributed by atoms with Gasteiger partial charge in [0.15, 0.2) is 5.75 Å². The maximum absolute atomic E-state index is 5.86. The maximum Gasteiger partial charge on any atom is 0.161 e. The van der Waals surface area contributed by atoms with Crippen LogP contribution >= 0.6 is 0 Å². The standard InChI is InChI=1S/C16H30N4O/c1-4-5-6-12-7-9-13(10-8-12)15(19-17)16-14(21-3)11-18-20(16)2/h11-13,15,19H,4-10,17H2,1-3H3. The molecular weight excluding hydrogens is 264 g/mol. The number of unbranched alkanes of at least 4 members (excludes halogenated alkanes) is 1. The quantitative estimate of drug-likeness (QED) is 0.599. The van der Waals surface area contributed by atoms with Gasteiger partial charge in [0, 0.05) is 7.05 Å². The zero-order chi connectivity index (χ0) is 15.2. The Kier molecular flexibility index (Phi) is 6.06. The highest BCUT2D eigenvalue weighted by Gasteiger charge is 2.31. The molecule has 5 heteroatoms. The molecule has 0 amide bonds. The predicted molar refractivity (Wildman–Crippen MR) is 84.8 cm³/mol. The van der Waals surface area contributed by atoms with E-state index in [4.69, 9.17) is 10.6 Å². The molecule has 1 aliphatic carbocycles. The van der Waals surface area contributed by atoms with Gasteiger partial charge in [-0.3, -0.25) is 16.0 Å². The molecule has 0 saturated heterocycles. The van der Waals surface area contributed by atoms with Crippen LogP contribution in [0.5, 0.6) is 5.75 Å². The van der Waals surface area contributed by atoms with Crippen molar-refractivity contribution in [3.63, 3.8) is 0 Å². The van der Waals surface area contributed by atoms with E-state index in [9.17, 15) is 0 Å². The molecule has 1 aliphatic rings. The van der Waals surface area contributed by atoms with Crippen molar-refractivity contribution in [2.45, 2.75) is 57.9 Å². The second-order valence-corrected chi connectivity index (χ2v) is 6.29. The van der Waals surface area contributed by atoms with Crippen LogP contribution in [0.25, 0.3) is 0 Å². The molecule has 0 aromatic carbocycles. The Morgan fingerprint density at radius 3 is 2.71 bits per heavy atom. The Bertz CT molecular complexity index is 424. The Morgan fingerprint density at radius 1 is 1.43 bits per heavy atom. The van der Waals surface area contributed by atoms with E-state index in [0.29, 0.717) is 5.92 Å². The number of nitrogens with one attached hydrogen (secondary N) is 1. The molecule has 1 aromatic rings. The van der Waals surface area contributed by atoms with Crippen molar-refractivity contribution in [1.82, 2.24) is 15.2 Å². The van der Waals surface area contributed by atoms with Crippen molar-refractivity contribution in [3.05, 3.63) is 11.9 Å². The number of hydrogen-bond acceptors (Lipinski definition) is 4. The van der Waals surface area contributed by atoms with Gasteiger partial charge in [-0.1, -0.05) is 39.0 Å². The normalized spacial score (nSPS) is 24.0. The third-order valence-electron chi connectivity index (χ3n) is 4.97. The summed E-state index contributed by atoms with van der Waals surface area (Å²) in [6.07, 6.45) is 10.9. The first-order valence-corrected chi connectivity index (χ1v) is 8.23. The van der Waals surface area contributed by atoms with Crippen LogP contribution in [0.1, 0.15) is 63.6 Å². The second-order valence-electron chi connectivity index (χ2n) is 6.29. The van der Waals surface area contributed by atoms with Gasteiger partial charge in [0.1, 0.15) is 0 Å².